The number of aromatic nitrogens is 1. The molecule has 1 aliphatic rings. The van der Waals surface area contributed by atoms with Crippen LogP contribution >= 0.6 is 11.3 Å². The van der Waals surface area contributed by atoms with Crippen LogP contribution in [0.1, 0.15) is 32.5 Å². The number of fused-ring (bicyclic) bond motifs is 3. The Hall–Kier alpha value is -3.65. The zero-order valence-electron chi connectivity index (χ0n) is 17.2. The maximum absolute atomic E-state index is 14.9. The van der Waals surface area contributed by atoms with Crippen LogP contribution < -0.4 is 5.32 Å². The molecule has 0 radical (unpaired) electrons. The zero-order chi connectivity index (χ0) is 22.2. The molecule has 8 heteroatoms. The van der Waals surface area contributed by atoms with Crippen LogP contribution in [-0.2, 0) is 11.2 Å². The smallest absolute Gasteiger partial charge is 0.350 e. The molecular formula is C24H20FN3O3S. The molecule has 6 nitrogen and oxygen atoms in total. The highest BCUT2D eigenvalue weighted by Crippen LogP contribution is 2.39. The van der Waals surface area contributed by atoms with E-state index in [9.17, 15) is 14.0 Å². The molecule has 2 amide bonds. The van der Waals surface area contributed by atoms with Crippen LogP contribution in [0.2, 0.25) is 0 Å². The molecule has 3 heterocycles. The van der Waals surface area contributed by atoms with Gasteiger partial charge in [0, 0.05) is 28.7 Å². The van der Waals surface area contributed by atoms with Crippen molar-refractivity contribution in [3.8, 4) is 0 Å². The monoisotopic (exact) mass is 449 g/mol. The van der Waals surface area contributed by atoms with Gasteiger partial charge in [0.25, 0.3) is 0 Å². The molecule has 5 rings (SSSR count). The number of ether oxygens (including phenoxy) is 1. The summed E-state index contributed by atoms with van der Waals surface area (Å²) >= 11 is 1.19. The molecule has 162 valence electrons. The topological polar surface area (TPSA) is 74.4 Å². The van der Waals surface area contributed by atoms with Crippen LogP contribution in [0, 0.1) is 5.82 Å². The van der Waals surface area contributed by atoms with E-state index >= 15 is 0 Å². The Bertz CT molecular complexity index is 1330. The lowest BCUT2D eigenvalue weighted by Gasteiger charge is -2.36. The zero-order valence-corrected chi connectivity index (χ0v) is 18.0. The standard InChI is InChI=1S/C24H20FN3O3S/c1-31-23(29)22-19(11-13-32-22)27-24(30)28-12-10-15-14-6-3-5-9-18(14)26-20(15)21(28)16-7-2-4-8-17(16)25/h2-9,11,13,21,26H,10,12H2,1H3,(H,27,30)/t21-/m1/s1. The predicted octanol–water partition coefficient (Wildman–Crippen LogP) is 5.33. The number of halogens is 1. The minimum Gasteiger partial charge on any atom is -0.465 e. The predicted molar refractivity (Wildman–Crippen MR) is 122 cm³/mol. The number of thiophene rings is 1. The van der Waals surface area contributed by atoms with E-state index in [1.165, 1.54) is 24.5 Å². The Morgan fingerprint density at radius 3 is 2.75 bits per heavy atom. The summed E-state index contributed by atoms with van der Waals surface area (Å²) in [6.07, 6.45) is 0.630. The molecule has 2 aromatic heterocycles. The summed E-state index contributed by atoms with van der Waals surface area (Å²) in [6.45, 7) is 0.400. The van der Waals surface area contributed by atoms with Gasteiger partial charge in [0.1, 0.15) is 16.7 Å². The van der Waals surface area contributed by atoms with Gasteiger partial charge in [0.05, 0.1) is 12.8 Å². The van der Waals surface area contributed by atoms with Gasteiger partial charge in [-0.15, -0.1) is 11.3 Å². The fourth-order valence-electron chi connectivity index (χ4n) is 4.33. The number of esters is 1. The van der Waals surface area contributed by atoms with Gasteiger partial charge in [-0.3, -0.25) is 0 Å². The molecule has 1 aliphatic heterocycles. The van der Waals surface area contributed by atoms with Gasteiger partial charge in [-0.2, -0.15) is 0 Å². The molecule has 0 fully saturated rings. The van der Waals surface area contributed by atoms with Crippen molar-refractivity contribution >= 4 is 39.9 Å². The number of anilines is 1. The lowest BCUT2D eigenvalue weighted by Crippen LogP contribution is -2.43. The summed E-state index contributed by atoms with van der Waals surface area (Å²) in [6, 6.07) is 15.0. The third-order valence-electron chi connectivity index (χ3n) is 5.77. The minimum atomic E-state index is -0.632. The Balaban J connectivity index is 1.57. The third-order valence-corrected chi connectivity index (χ3v) is 6.67. The van der Waals surface area contributed by atoms with Crippen LogP contribution in [0.3, 0.4) is 0 Å². The van der Waals surface area contributed by atoms with Crippen molar-refractivity contribution < 1.29 is 18.7 Å². The van der Waals surface area contributed by atoms with E-state index in [2.05, 4.69) is 10.3 Å². The number of amides is 2. The van der Waals surface area contributed by atoms with Crippen molar-refractivity contribution in [3.63, 3.8) is 0 Å². The maximum atomic E-state index is 14.9. The molecule has 0 aliphatic carbocycles. The summed E-state index contributed by atoms with van der Waals surface area (Å²) in [4.78, 5) is 30.7. The first-order chi connectivity index (χ1) is 15.6. The van der Waals surface area contributed by atoms with Crippen molar-refractivity contribution in [1.82, 2.24) is 9.88 Å². The first kappa shape index (κ1) is 20.3. The lowest BCUT2D eigenvalue weighted by atomic mass is 9.92. The van der Waals surface area contributed by atoms with Gasteiger partial charge in [0.15, 0.2) is 0 Å². The molecule has 2 N–H and O–H groups in total. The number of nitrogens with one attached hydrogen (secondary N) is 2. The van der Waals surface area contributed by atoms with Gasteiger partial charge in [-0.25, -0.2) is 14.0 Å². The summed E-state index contributed by atoms with van der Waals surface area (Å²) in [5.74, 6) is -0.898. The number of urea groups is 1. The lowest BCUT2D eigenvalue weighted by molar-refractivity contribution is 0.0607. The fraction of sp³-hybridized carbons (Fsp3) is 0.167. The normalized spacial score (nSPS) is 15.4. The van der Waals surface area contributed by atoms with Gasteiger partial charge in [0.2, 0.25) is 0 Å². The van der Waals surface area contributed by atoms with Crippen molar-refractivity contribution in [2.75, 3.05) is 19.0 Å². The van der Waals surface area contributed by atoms with Gasteiger partial charge >= 0.3 is 12.0 Å². The summed E-state index contributed by atoms with van der Waals surface area (Å²) < 4.78 is 19.7. The van der Waals surface area contributed by atoms with Crippen LogP contribution in [0.25, 0.3) is 10.9 Å². The van der Waals surface area contributed by atoms with E-state index in [0.29, 0.717) is 29.1 Å². The Morgan fingerprint density at radius 1 is 1.16 bits per heavy atom. The number of methoxy groups -OCH3 is 1. The third kappa shape index (κ3) is 3.33. The van der Waals surface area contributed by atoms with Crippen LogP contribution in [0.5, 0.6) is 0 Å². The molecule has 0 bridgehead atoms. The fourth-order valence-corrected chi connectivity index (χ4v) is 5.09. The van der Waals surface area contributed by atoms with Gasteiger partial charge in [-0.05, 0) is 35.6 Å². The number of benzene rings is 2. The summed E-state index contributed by atoms with van der Waals surface area (Å²) in [5.41, 5.74) is 3.63. The molecule has 0 spiro atoms. The average molecular weight is 450 g/mol. The molecule has 0 saturated carbocycles. The molecule has 0 unspecified atom stereocenters. The second kappa shape index (κ2) is 8.12. The minimum absolute atomic E-state index is 0.312. The van der Waals surface area contributed by atoms with Crippen molar-refractivity contribution in [2.45, 2.75) is 12.5 Å². The molecule has 32 heavy (non-hydrogen) atoms. The summed E-state index contributed by atoms with van der Waals surface area (Å²) in [7, 11) is 1.30. The highest BCUT2D eigenvalue weighted by molar-refractivity contribution is 7.12. The largest absolute Gasteiger partial charge is 0.465 e. The number of rotatable bonds is 3. The first-order valence-corrected chi connectivity index (χ1v) is 11.0. The number of carbonyl (C=O) groups is 2. The highest BCUT2D eigenvalue weighted by Gasteiger charge is 2.36. The van der Waals surface area contributed by atoms with E-state index in [0.717, 1.165) is 22.2 Å². The second-order valence-electron chi connectivity index (χ2n) is 7.52. The number of para-hydroxylation sites is 1. The van der Waals surface area contributed by atoms with E-state index in [1.807, 2.05) is 24.3 Å². The Morgan fingerprint density at radius 2 is 1.94 bits per heavy atom. The van der Waals surface area contributed by atoms with Gasteiger partial charge in [-0.1, -0.05) is 36.4 Å². The molecule has 1 atom stereocenters. The summed E-state index contributed by atoms with van der Waals surface area (Å²) in [5, 5.41) is 5.61. The number of carbonyl (C=O) groups excluding carboxylic acids is 2. The van der Waals surface area contributed by atoms with Crippen molar-refractivity contribution in [2.24, 2.45) is 0 Å². The number of nitrogens with zero attached hydrogens (tertiary/aromatic N) is 1. The second-order valence-corrected chi connectivity index (χ2v) is 8.43. The van der Waals surface area contributed by atoms with E-state index in [1.54, 1.807) is 34.5 Å². The Labute approximate surface area is 187 Å². The Kier molecular flexibility index (Phi) is 5.14. The van der Waals surface area contributed by atoms with E-state index in [-0.39, 0.29) is 5.82 Å². The van der Waals surface area contributed by atoms with Gasteiger partial charge < -0.3 is 19.9 Å². The highest BCUT2D eigenvalue weighted by atomic mass is 32.1. The molecule has 4 aromatic rings. The first-order valence-electron chi connectivity index (χ1n) is 10.2. The van der Waals surface area contributed by atoms with E-state index < -0.39 is 18.0 Å². The van der Waals surface area contributed by atoms with Crippen LogP contribution in [0.15, 0.2) is 60.0 Å². The molecule has 2 aromatic carbocycles. The molecular weight excluding hydrogens is 429 g/mol. The quantitative estimate of drug-likeness (QED) is 0.415. The van der Waals surface area contributed by atoms with Crippen LogP contribution in [-0.4, -0.2) is 35.5 Å². The maximum Gasteiger partial charge on any atom is 0.350 e. The number of H-pyrrole nitrogens is 1. The number of aromatic amines is 1. The van der Waals surface area contributed by atoms with E-state index in [4.69, 9.17) is 4.74 Å². The average Bonchev–Trinajstić information content (AvgIpc) is 3.42. The van der Waals surface area contributed by atoms with Crippen molar-refractivity contribution in [1.29, 1.82) is 0 Å². The number of hydrogen-bond donors (Lipinski definition) is 2. The number of hydrogen-bond acceptors (Lipinski definition) is 4. The SMILES string of the molecule is COC(=O)c1sccc1NC(=O)N1CCc2c([nH]c3ccccc23)[C@H]1c1ccccc1F. The van der Waals surface area contributed by atoms with Crippen molar-refractivity contribution in [3.05, 3.63) is 87.5 Å². The molecule has 0 saturated heterocycles. The van der Waals surface area contributed by atoms with Crippen LogP contribution in [0.4, 0.5) is 14.9 Å².